The Labute approximate surface area is 197 Å². The Bertz CT molecular complexity index is 1320. The van der Waals surface area contributed by atoms with Crippen LogP contribution in [0.15, 0.2) is 71.6 Å². The highest BCUT2D eigenvalue weighted by Crippen LogP contribution is 2.28. The summed E-state index contributed by atoms with van der Waals surface area (Å²) in [4.78, 5) is 26.5. The van der Waals surface area contributed by atoms with Crippen molar-refractivity contribution in [2.45, 2.75) is 17.1 Å². The smallest absolute Gasteiger partial charge is 0.338 e. The van der Waals surface area contributed by atoms with Crippen molar-refractivity contribution in [2.75, 3.05) is 20.2 Å². The van der Waals surface area contributed by atoms with Gasteiger partial charge in [-0.25, -0.2) is 13.2 Å². The average molecular weight is 484 g/mol. The molecule has 6 nitrogen and oxygen atoms in total. The number of rotatable bonds is 6. The van der Waals surface area contributed by atoms with Crippen molar-refractivity contribution in [3.63, 3.8) is 0 Å². The van der Waals surface area contributed by atoms with Gasteiger partial charge in [0.1, 0.15) is 0 Å². The Balaban J connectivity index is 1.73. The first-order chi connectivity index (χ1) is 15.8. The van der Waals surface area contributed by atoms with Gasteiger partial charge in [0.25, 0.3) is 5.91 Å². The van der Waals surface area contributed by atoms with E-state index < -0.39 is 21.6 Å². The molecule has 0 N–H and O–H groups in total. The lowest BCUT2D eigenvalue weighted by Gasteiger charge is -2.31. The Kier molecular flexibility index (Phi) is 6.54. The lowest BCUT2D eigenvalue weighted by atomic mass is 10.00. The largest absolute Gasteiger partial charge is 0.465 e. The minimum absolute atomic E-state index is 0.0696. The molecule has 170 valence electrons. The highest BCUT2D eigenvalue weighted by molar-refractivity contribution is 7.90. The number of likely N-dealkylation sites (tertiary alicyclic amines) is 1. The maximum atomic E-state index is 13.4. The van der Waals surface area contributed by atoms with E-state index in [2.05, 4.69) is 0 Å². The monoisotopic (exact) mass is 483 g/mol. The van der Waals surface area contributed by atoms with Crippen LogP contribution in [0.3, 0.4) is 0 Å². The summed E-state index contributed by atoms with van der Waals surface area (Å²) in [6.07, 6.45) is 0.922. The van der Waals surface area contributed by atoms with E-state index in [-0.39, 0.29) is 27.0 Å². The number of nitrogens with zero attached hydrogens (tertiary/aromatic N) is 1. The van der Waals surface area contributed by atoms with Crippen LogP contribution in [0.5, 0.6) is 0 Å². The van der Waals surface area contributed by atoms with Crippen molar-refractivity contribution in [1.29, 1.82) is 0 Å². The number of hydrogen-bond donors (Lipinski definition) is 0. The zero-order valence-corrected chi connectivity index (χ0v) is 19.5. The fourth-order valence-electron chi connectivity index (χ4n) is 3.69. The standard InChI is InChI=1S/C25H22ClNO5S/c1-32-25(29)23-9-8-18(17-6-3-2-4-7-17)12-20(23)16-33(30,31)22-14-19(13-21(26)15-22)24(28)27-10-5-11-27/h2-4,6-9,12-15H,5,10-11,16H2,1H3. The summed E-state index contributed by atoms with van der Waals surface area (Å²) in [5.41, 5.74) is 2.36. The van der Waals surface area contributed by atoms with Crippen LogP contribution in [0.25, 0.3) is 11.1 Å². The van der Waals surface area contributed by atoms with Crippen LogP contribution in [0, 0.1) is 0 Å². The van der Waals surface area contributed by atoms with Gasteiger partial charge in [0, 0.05) is 23.7 Å². The van der Waals surface area contributed by atoms with Crippen molar-refractivity contribution < 1.29 is 22.7 Å². The van der Waals surface area contributed by atoms with E-state index in [0.29, 0.717) is 18.7 Å². The van der Waals surface area contributed by atoms with E-state index in [4.69, 9.17) is 16.3 Å². The third kappa shape index (κ3) is 4.94. The van der Waals surface area contributed by atoms with Crippen LogP contribution in [-0.2, 0) is 20.3 Å². The zero-order valence-electron chi connectivity index (χ0n) is 18.0. The van der Waals surface area contributed by atoms with E-state index in [1.165, 1.54) is 25.3 Å². The molecule has 33 heavy (non-hydrogen) atoms. The van der Waals surface area contributed by atoms with Crippen molar-refractivity contribution in [1.82, 2.24) is 4.90 Å². The molecule has 1 amide bonds. The number of halogens is 1. The molecule has 8 heteroatoms. The third-order valence-corrected chi connectivity index (χ3v) is 7.45. The molecule has 1 aliphatic rings. The fourth-order valence-corrected chi connectivity index (χ4v) is 5.42. The summed E-state index contributed by atoms with van der Waals surface area (Å²) in [5.74, 6) is -1.32. The SMILES string of the molecule is COC(=O)c1ccc(-c2ccccc2)cc1CS(=O)(=O)c1cc(Cl)cc(C(=O)N2CCC2)c1. The predicted molar refractivity (Wildman–Crippen MR) is 126 cm³/mol. The van der Waals surface area contributed by atoms with Gasteiger partial charge in [0.05, 0.1) is 23.3 Å². The molecular weight excluding hydrogens is 462 g/mol. The molecule has 3 aromatic rings. The van der Waals surface area contributed by atoms with Crippen LogP contribution in [-0.4, -0.2) is 45.4 Å². The number of amides is 1. The molecule has 0 saturated carbocycles. The lowest BCUT2D eigenvalue weighted by Crippen LogP contribution is -2.42. The maximum Gasteiger partial charge on any atom is 0.338 e. The number of carbonyl (C=O) groups excluding carboxylic acids is 2. The normalized spacial score (nSPS) is 13.3. The molecule has 3 aromatic carbocycles. The molecule has 0 bridgehead atoms. The van der Waals surface area contributed by atoms with Gasteiger partial charge in [0.2, 0.25) is 0 Å². The van der Waals surface area contributed by atoms with Gasteiger partial charge in [-0.05, 0) is 53.4 Å². The van der Waals surface area contributed by atoms with Crippen LogP contribution < -0.4 is 0 Å². The second-order valence-electron chi connectivity index (χ2n) is 7.81. The summed E-state index contributed by atoms with van der Waals surface area (Å²) >= 11 is 6.17. The van der Waals surface area contributed by atoms with E-state index in [9.17, 15) is 18.0 Å². The first kappa shape index (κ1) is 23.0. The Morgan fingerprint density at radius 2 is 1.70 bits per heavy atom. The van der Waals surface area contributed by atoms with Crippen LogP contribution in [0.1, 0.15) is 32.7 Å². The fraction of sp³-hybridized carbons (Fsp3) is 0.200. The number of carbonyl (C=O) groups is 2. The van der Waals surface area contributed by atoms with Crippen LogP contribution in [0.2, 0.25) is 5.02 Å². The van der Waals surface area contributed by atoms with Gasteiger partial charge in [0.15, 0.2) is 9.84 Å². The summed E-state index contributed by atoms with van der Waals surface area (Å²) in [6, 6.07) is 18.6. The number of benzene rings is 3. The molecular formula is C25H22ClNO5S. The molecule has 1 saturated heterocycles. The van der Waals surface area contributed by atoms with Gasteiger partial charge in [-0.2, -0.15) is 0 Å². The Morgan fingerprint density at radius 1 is 0.970 bits per heavy atom. The molecule has 1 fully saturated rings. The topological polar surface area (TPSA) is 80.8 Å². The minimum Gasteiger partial charge on any atom is -0.465 e. The Hall–Kier alpha value is -3.16. The van der Waals surface area contributed by atoms with Crippen molar-refractivity contribution >= 4 is 33.3 Å². The van der Waals surface area contributed by atoms with E-state index in [1.807, 2.05) is 30.3 Å². The number of sulfone groups is 1. The zero-order chi connectivity index (χ0) is 23.6. The molecule has 0 radical (unpaired) electrons. The Morgan fingerprint density at radius 3 is 2.33 bits per heavy atom. The highest BCUT2D eigenvalue weighted by Gasteiger charge is 2.26. The molecule has 0 spiro atoms. The van der Waals surface area contributed by atoms with Crippen molar-refractivity contribution in [3.05, 3.63) is 88.4 Å². The molecule has 1 aliphatic heterocycles. The summed E-state index contributed by atoms with van der Waals surface area (Å²) in [6.45, 7) is 1.28. The van der Waals surface area contributed by atoms with E-state index in [1.54, 1.807) is 23.1 Å². The number of hydrogen-bond acceptors (Lipinski definition) is 5. The first-order valence-corrected chi connectivity index (χ1v) is 12.4. The van der Waals surface area contributed by atoms with Crippen LogP contribution in [0.4, 0.5) is 0 Å². The highest BCUT2D eigenvalue weighted by atomic mass is 35.5. The molecule has 0 aromatic heterocycles. The first-order valence-electron chi connectivity index (χ1n) is 10.4. The number of methoxy groups -OCH3 is 1. The summed E-state index contributed by atoms with van der Waals surface area (Å²) < 4.78 is 31.6. The third-order valence-electron chi connectivity index (χ3n) is 5.58. The van der Waals surface area contributed by atoms with Gasteiger partial charge < -0.3 is 9.64 Å². The lowest BCUT2D eigenvalue weighted by molar-refractivity contribution is 0.0598. The van der Waals surface area contributed by atoms with Gasteiger partial charge in [-0.15, -0.1) is 0 Å². The van der Waals surface area contributed by atoms with Crippen LogP contribution >= 0.6 is 11.6 Å². The molecule has 1 heterocycles. The quantitative estimate of drug-likeness (QED) is 0.478. The van der Waals surface area contributed by atoms with Crippen molar-refractivity contribution in [3.8, 4) is 11.1 Å². The predicted octanol–water partition coefficient (Wildman–Crippen LogP) is 4.61. The maximum absolute atomic E-state index is 13.4. The molecule has 4 rings (SSSR count). The summed E-state index contributed by atoms with van der Waals surface area (Å²) in [7, 11) is -2.69. The van der Waals surface area contributed by atoms with E-state index in [0.717, 1.165) is 17.5 Å². The van der Waals surface area contributed by atoms with Gasteiger partial charge >= 0.3 is 5.97 Å². The molecule has 0 aliphatic carbocycles. The second kappa shape index (κ2) is 9.37. The van der Waals surface area contributed by atoms with E-state index >= 15 is 0 Å². The van der Waals surface area contributed by atoms with Gasteiger partial charge in [-0.1, -0.05) is 48.0 Å². The second-order valence-corrected chi connectivity index (χ2v) is 10.2. The average Bonchev–Trinajstić information content (AvgIpc) is 2.77. The summed E-state index contributed by atoms with van der Waals surface area (Å²) in [5, 5.41) is 0.158. The van der Waals surface area contributed by atoms with Gasteiger partial charge in [-0.3, -0.25) is 4.79 Å². The molecule has 0 atom stereocenters. The van der Waals surface area contributed by atoms with Crippen molar-refractivity contribution in [2.24, 2.45) is 0 Å². The number of ether oxygens (including phenoxy) is 1. The minimum atomic E-state index is -3.93. The molecule has 0 unspecified atom stereocenters. The number of esters is 1.